The van der Waals surface area contributed by atoms with Gasteiger partial charge >= 0.3 is 6.03 Å². The number of rotatable bonds is 6. The van der Waals surface area contributed by atoms with Crippen molar-refractivity contribution >= 4 is 11.9 Å². The van der Waals surface area contributed by atoms with E-state index in [4.69, 9.17) is 9.47 Å². The van der Waals surface area contributed by atoms with Gasteiger partial charge in [0.1, 0.15) is 12.1 Å². The molecular weight excluding hydrogens is 272 g/mol. The van der Waals surface area contributed by atoms with Gasteiger partial charge in [-0.2, -0.15) is 0 Å². The highest BCUT2D eigenvalue weighted by Crippen LogP contribution is 2.27. The number of hydrogen-bond donors (Lipinski definition) is 1. The number of benzene rings is 1. The van der Waals surface area contributed by atoms with Crippen molar-refractivity contribution < 1.29 is 19.1 Å². The molecule has 6 heteroatoms. The van der Waals surface area contributed by atoms with Crippen molar-refractivity contribution in [2.24, 2.45) is 0 Å². The Labute approximate surface area is 124 Å². The number of nitrogens with one attached hydrogen (secondary N) is 1. The SMILES string of the molecule is CCOc1ccccc1OCCN1C(=O)NC(=O)C1(C)C. The van der Waals surface area contributed by atoms with E-state index in [1.54, 1.807) is 13.8 Å². The quantitative estimate of drug-likeness (QED) is 0.812. The lowest BCUT2D eigenvalue weighted by Gasteiger charge is -2.27. The van der Waals surface area contributed by atoms with Gasteiger partial charge in [-0.25, -0.2) is 4.79 Å². The second kappa shape index (κ2) is 6.03. The van der Waals surface area contributed by atoms with E-state index in [1.165, 1.54) is 4.90 Å². The third-order valence-electron chi connectivity index (χ3n) is 3.42. The van der Waals surface area contributed by atoms with E-state index in [0.29, 0.717) is 24.7 Å². The fourth-order valence-electron chi connectivity index (χ4n) is 2.17. The van der Waals surface area contributed by atoms with Gasteiger partial charge in [-0.05, 0) is 32.9 Å². The van der Waals surface area contributed by atoms with Gasteiger partial charge in [0.25, 0.3) is 5.91 Å². The van der Waals surface area contributed by atoms with Gasteiger partial charge in [-0.3, -0.25) is 10.1 Å². The Hall–Kier alpha value is -2.24. The van der Waals surface area contributed by atoms with Gasteiger partial charge in [-0.15, -0.1) is 0 Å². The van der Waals surface area contributed by atoms with Crippen LogP contribution in [0.1, 0.15) is 20.8 Å². The lowest BCUT2D eigenvalue weighted by Crippen LogP contribution is -2.46. The summed E-state index contributed by atoms with van der Waals surface area (Å²) < 4.78 is 11.1. The standard InChI is InChI=1S/C15H20N2O4/c1-4-20-11-7-5-6-8-12(11)21-10-9-17-14(19)16-13(18)15(17,2)3/h5-8H,4,9-10H2,1-3H3,(H,16,18,19). The predicted molar refractivity (Wildman–Crippen MR) is 77.4 cm³/mol. The van der Waals surface area contributed by atoms with E-state index < -0.39 is 5.54 Å². The minimum Gasteiger partial charge on any atom is -0.490 e. The van der Waals surface area contributed by atoms with Crippen LogP contribution in [0.25, 0.3) is 0 Å². The average molecular weight is 292 g/mol. The Kier molecular flexibility index (Phi) is 4.35. The molecule has 1 saturated heterocycles. The summed E-state index contributed by atoms with van der Waals surface area (Å²) in [7, 11) is 0. The van der Waals surface area contributed by atoms with Crippen LogP contribution in [0.4, 0.5) is 4.79 Å². The lowest BCUT2D eigenvalue weighted by molar-refractivity contribution is -0.125. The lowest BCUT2D eigenvalue weighted by atomic mass is 10.1. The van der Waals surface area contributed by atoms with E-state index >= 15 is 0 Å². The van der Waals surface area contributed by atoms with Crippen LogP contribution in [-0.2, 0) is 4.79 Å². The maximum Gasteiger partial charge on any atom is 0.325 e. The number of nitrogens with zero attached hydrogens (tertiary/aromatic N) is 1. The third kappa shape index (κ3) is 3.09. The number of urea groups is 1. The van der Waals surface area contributed by atoms with Crippen LogP contribution in [0.5, 0.6) is 11.5 Å². The Morgan fingerprint density at radius 1 is 1.14 bits per heavy atom. The van der Waals surface area contributed by atoms with Crippen LogP contribution < -0.4 is 14.8 Å². The molecule has 0 spiro atoms. The van der Waals surface area contributed by atoms with Gasteiger partial charge < -0.3 is 14.4 Å². The molecule has 0 bridgehead atoms. The molecule has 1 heterocycles. The summed E-state index contributed by atoms with van der Waals surface area (Å²) in [5, 5.41) is 2.31. The molecule has 114 valence electrons. The number of imide groups is 1. The summed E-state index contributed by atoms with van der Waals surface area (Å²) in [6, 6.07) is 6.98. The van der Waals surface area contributed by atoms with Crippen molar-refractivity contribution in [2.45, 2.75) is 26.3 Å². The molecule has 0 atom stereocenters. The summed E-state index contributed by atoms with van der Waals surface area (Å²) in [5.74, 6) is 1.01. The maximum absolute atomic E-state index is 11.7. The van der Waals surface area contributed by atoms with E-state index in [-0.39, 0.29) is 18.5 Å². The van der Waals surface area contributed by atoms with Crippen molar-refractivity contribution in [3.05, 3.63) is 24.3 Å². The first-order valence-corrected chi connectivity index (χ1v) is 6.94. The van der Waals surface area contributed by atoms with Gasteiger partial charge in [0, 0.05) is 0 Å². The molecule has 0 radical (unpaired) electrons. The highest BCUT2D eigenvalue weighted by molar-refractivity contribution is 6.06. The van der Waals surface area contributed by atoms with Crippen LogP contribution in [0.15, 0.2) is 24.3 Å². The fraction of sp³-hybridized carbons (Fsp3) is 0.467. The molecule has 1 aromatic rings. The smallest absolute Gasteiger partial charge is 0.325 e. The topological polar surface area (TPSA) is 67.9 Å². The molecule has 21 heavy (non-hydrogen) atoms. The zero-order valence-electron chi connectivity index (χ0n) is 12.5. The molecule has 1 N–H and O–H groups in total. The van der Waals surface area contributed by atoms with Gasteiger partial charge in [0.05, 0.1) is 13.2 Å². The second-order valence-corrected chi connectivity index (χ2v) is 5.20. The number of amides is 3. The Morgan fingerprint density at radius 3 is 2.29 bits per heavy atom. The molecule has 1 fully saturated rings. The van der Waals surface area contributed by atoms with E-state index in [9.17, 15) is 9.59 Å². The van der Waals surface area contributed by atoms with Crippen LogP contribution in [0, 0.1) is 0 Å². The van der Waals surface area contributed by atoms with E-state index in [1.807, 2.05) is 31.2 Å². The summed E-state index contributed by atoms with van der Waals surface area (Å²) in [6.45, 7) is 6.48. The molecule has 1 aromatic carbocycles. The molecule has 0 unspecified atom stereocenters. The monoisotopic (exact) mass is 292 g/mol. The highest BCUT2D eigenvalue weighted by atomic mass is 16.5. The summed E-state index contributed by atoms with van der Waals surface area (Å²) in [6.07, 6.45) is 0. The minimum atomic E-state index is -0.847. The van der Waals surface area contributed by atoms with E-state index in [0.717, 1.165) is 0 Å². The molecule has 1 aliphatic heterocycles. The van der Waals surface area contributed by atoms with Crippen molar-refractivity contribution in [2.75, 3.05) is 19.8 Å². The Bertz CT molecular complexity index is 542. The zero-order valence-corrected chi connectivity index (χ0v) is 12.5. The number of ether oxygens (including phenoxy) is 2. The molecule has 1 aliphatic rings. The maximum atomic E-state index is 11.7. The molecule has 6 nitrogen and oxygen atoms in total. The Morgan fingerprint density at radius 2 is 1.76 bits per heavy atom. The predicted octanol–water partition coefficient (Wildman–Crippen LogP) is 1.79. The van der Waals surface area contributed by atoms with E-state index in [2.05, 4.69) is 5.32 Å². The molecular formula is C15H20N2O4. The normalized spacial score (nSPS) is 16.8. The number of carbonyl (C=O) groups excluding carboxylic acids is 2. The van der Waals surface area contributed by atoms with Crippen molar-refractivity contribution in [1.82, 2.24) is 10.2 Å². The van der Waals surface area contributed by atoms with Gasteiger partial charge in [-0.1, -0.05) is 12.1 Å². The first-order chi connectivity index (χ1) is 9.96. The largest absolute Gasteiger partial charge is 0.490 e. The Balaban J connectivity index is 1.96. The van der Waals surface area contributed by atoms with Gasteiger partial charge in [0.2, 0.25) is 0 Å². The van der Waals surface area contributed by atoms with Crippen LogP contribution in [0.2, 0.25) is 0 Å². The molecule has 0 aromatic heterocycles. The molecule has 0 saturated carbocycles. The third-order valence-corrected chi connectivity index (χ3v) is 3.42. The van der Waals surface area contributed by atoms with Crippen molar-refractivity contribution in [3.8, 4) is 11.5 Å². The highest BCUT2D eigenvalue weighted by Gasteiger charge is 2.45. The van der Waals surface area contributed by atoms with Crippen LogP contribution in [0.3, 0.4) is 0 Å². The van der Waals surface area contributed by atoms with Crippen LogP contribution in [-0.4, -0.2) is 42.1 Å². The van der Waals surface area contributed by atoms with Crippen LogP contribution >= 0.6 is 0 Å². The fourth-order valence-corrected chi connectivity index (χ4v) is 2.17. The summed E-state index contributed by atoms with van der Waals surface area (Å²) in [5.41, 5.74) is -0.847. The number of carbonyl (C=O) groups is 2. The number of para-hydroxylation sites is 2. The summed E-state index contributed by atoms with van der Waals surface area (Å²) >= 11 is 0. The zero-order chi connectivity index (χ0) is 15.5. The molecule has 2 rings (SSSR count). The summed E-state index contributed by atoms with van der Waals surface area (Å²) in [4.78, 5) is 24.9. The first-order valence-electron chi connectivity index (χ1n) is 6.94. The second-order valence-electron chi connectivity index (χ2n) is 5.20. The van der Waals surface area contributed by atoms with Gasteiger partial charge in [0.15, 0.2) is 11.5 Å². The first kappa shape index (κ1) is 15.2. The minimum absolute atomic E-state index is 0.286. The van der Waals surface area contributed by atoms with Crippen molar-refractivity contribution in [3.63, 3.8) is 0 Å². The average Bonchev–Trinajstić information content (AvgIpc) is 2.63. The number of hydrogen-bond acceptors (Lipinski definition) is 4. The molecule has 3 amide bonds. The van der Waals surface area contributed by atoms with Crippen molar-refractivity contribution in [1.29, 1.82) is 0 Å². The molecule has 0 aliphatic carbocycles.